The van der Waals surface area contributed by atoms with Crippen molar-refractivity contribution >= 4 is 28.3 Å². The highest BCUT2D eigenvalue weighted by molar-refractivity contribution is 6.04. The van der Waals surface area contributed by atoms with Crippen LogP contribution in [-0.4, -0.2) is 18.0 Å². The number of hydrogen-bond acceptors (Lipinski definition) is 4. The SMILES string of the molecule is COc1cc2occ(C)c2cc1/C(C)=C/C(=O)Nc1cccc(C)n1. The van der Waals surface area contributed by atoms with Gasteiger partial charge in [0.25, 0.3) is 0 Å². The Morgan fingerprint density at radius 1 is 1.28 bits per heavy atom. The van der Waals surface area contributed by atoms with E-state index in [1.165, 1.54) is 0 Å². The van der Waals surface area contributed by atoms with Gasteiger partial charge in [-0.2, -0.15) is 0 Å². The summed E-state index contributed by atoms with van der Waals surface area (Å²) in [6.07, 6.45) is 3.26. The molecule has 0 fully saturated rings. The zero-order chi connectivity index (χ0) is 18.0. The van der Waals surface area contributed by atoms with Crippen LogP contribution in [0.2, 0.25) is 0 Å². The molecule has 3 aromatic rings. The number of furan rings is 1. The van der Waals surface area contributed by atoms with Crippen LogP contribution in [0.4, 0.5) is 5.82 Å². The number of hydrogen-bond donors (Lipinski definition) is 1. The lowest BCUT2D eigenvalue weighted by atomic mass is 10.0. The standard InChI is InChI=1S/C20H20N2O3/c1-12(8-20(23)22-19-7-5-6-14(3)21-19)15-9-16-13(2)11-25-18(16)10-17(15)24-4/h5-11H,1-4H3,(H,21,22,23)/b12-8+. The maximum absolute atomic E-state index is 12.3. The van der Waals surface area contributed by atoms with Crippen LogP contribution in [0.1, 0.15) is 23.7 Å². The van der Waals surface area contributed by atoms with E-state index >= 15 is 0 Å². The molecule has 0 aliphatic heterocycles. The molecule has 0 aliphatic rings. The Hall–Kier alpha value is -3.08. The maximum Gasteiger partial charge on any atom is 0.249 e. The van der Waals surface area contributed by atoms with Crippen molar-refractivity contribution in [3.8, 4) is 5.75 Å². The van der Waals surface area contributed by atoms with E-state index in [2.05, 4.69) is 10.3 Å². The van der Waals surface area contributed by atoms with Gasteiger partial charge in [0.15, 0.2) is 0 Å². The van der Waals surface area contributed by atoms with E-state index in [9.17, 15) is 4.79 Å². The zero-order valence-electron chi connectivity index (χ0n) is 14.7. The Balaban J connectivity index is 1.92. The van der Waals surface area contributed by atoms with Crippen LogP contribution in [0.15, 0.2) is 47.1 Å². The number of allylic oxidation sites excluding steroid dienone is 1. The van der Waals surface area contributed by atoms with Gasteiger partial charge in [0.1, 0.15) is 17.2 Å². The molecule has 2 heterocycles. The molecule has 0 saturated carbocycles. The van der Waals surface area contributed by atoms with Crippen LogP contribution in [0.5, 0.6) is 5.75 Å². The number of methoxy groups -OCH3 is 1. The van der Waals surface area contributed by atoms with Crippen LogP contribution < -0.4 is 10.1 Å². The summed E-state index contributed by atoms with van der Waals surface area (Å²) >= 11 is 0. The average molecular weight is 336 g/mol. The minimum atomic E-state index is -0.235. The molecule has 5 heteroatoms. The van der Waals surface area contributed by atoms with Gasteiger partial charge in [0.2, 0.25) is 5.91 Å². The van der Waals surface area contributed by atoms with Gasteiger partial charge >= 0.3 is 0 Å². The second kappa shape index (κ2) is 6.81. The number of amides is 1. The number of aromatic nitrogens is 1. The molecule has 1 N–H and O–H groups in total. The van der Waals surface area contributed by atoms with E-state index in [4.69, 9.17) is 9.15 Å². The van der Waals surface area contributed by atoms with Crippen LogP contribution in [0, 0.1) is 13.8 Å². The number of benzene rings is 1. The van der Waals surface area contributed by atoms with Crippen molar-refractivity contribution in [3.63, 3.8) is 0 Å². The highest BCUT2D eigenvalue weighted by Gasteiger charge is 2.12. The molecule has 0 radical (unpaired) electrons. The van der Waals surface area contributed by atoms with E-state index in [1.54, 1.807) is 25.5 Å². The lowest BCUT2D eigenvalue weighted by molar-refractivity contribution is -0.111. The van der Waals surface area contributed by atoms with Crippen molar-refractivity contribution < 1.29 is 13.9 Å². The summed E-state index contributed by atoms with van der Waals surface area (Å²) in [5.74, 6) is 0.959. The third-order valence-corrected chi connectivity index (χ3v) is 4.00. The number of nitrogens with one attached hydrogen (secondary N) is 1. The lowest BCUT2D eigenvalue weighted by Crippen LogP contribution is -2.10. The first-order chi connectivity index (χ1) is 12.0. The second-order valence-electron chi connectivity index (χ2n) is 5.95. The fourth-order valence-corrected chi connectivity index (χ4v) is 2.71. The second-order valence-corrected chi connectivity index (χ2v) is 5.95. The molecule has 5 nitrogen and oxygen atoms in total. The Kier molecular flexibility index (Phi) is 4.57. The first-order valence-corrected chi connectivity index (χ1v) is 7.97. The highest BCUT2D eigenvalue weighted by Crippen LogP contribution is 2.33. The third kappa shape index (κ3) is 3.55. The van der Waals surface area contributed by atoms with Crippen molar-refractivity contribution in [3.05, 3.63) is 59.5 Å². The molecule has 0 bridgehead atoms. The van der Waals surface area contributed by atoms with Gasteiger partial charge in [-0.1, -0.05) is 6.07 Å². The number of anilines is 1. The number of pyridine rings is 1. The summed E-state index contributed by atoms with van der Waals surface area (Å²) in [6.45, 7) is 5.74. The molecule has 0 aliphatic carbocycles. The van der Waals surface area contributed by atoms with E-state index in [0.717, 1.165) is 33.4 Å². The monoisotopic (exact) mass is 336 g/mol. The number of carbonyl (C=O) groups excluding carboxylic acids is 1. The van der Waals surface area contributed by atoms with Crippen LogP contribution in [-0.2, 0) is 4.79 Å². The molecule has 128 valence electrons. The number of fused-ring (bicyclic) bond motifs is 1. The molecule has 1 amide bonds. The molecular weight excluding hydrogens is 316 g/mol. The van der Waals surface area contributed by atoms with Gasteiger partial charge in [-0.05, 0) is 50.1 Å². The quantitative estimate of drug-likeness (QED) is 0.713. The number of ether oxygens (including phenoxy) is 1. The van der Waals surface area contributed by atoms with E-state index < -0.39 is 0 Å². The van der Waals surface area contributed by atoms with Gasteiger partial charge in [0.05, 0.1) is 13.4 Å². The summed E-state index contributed by atoms with van der Waals surface area (Å²) in [5.41, 5.74) is 4.30. The highest BCUT2D eigenvalue weighted by atomic mass is 16.5. The van der Waals surface area contributed by atoms with Gasteiger partial charge in [-0.15, -0.1) is 0 Å². The first kappa shape index (κ1) is 16.8. The summed E-state index contributed by atoms with van der Waals surface area (Å²) < 4.78 is 11.0. The molecule has 0 atom stereocenters. The van der Waals surface area contributed by atoms with E-state index in [0.29, 0.717) is 11.6 Å². The van der Waals surface area contributed by atoms with Crippen molar-refractivity contribution in [2.24, 2.45) is 0 Å². The molecule has 0 unspecified atom stereocenters. The lowest BCUT2D eigenvalue weighted by Gasteiger charge is -2.10. The third-order valence-electron chi connectivity index (χ3n) is 4.00. The molecular formula is C20H20N2O3. The fraction of sp³-hybridized carbons (Fsp3) is 0.200. The summed E-state index contributed by atoms with van der Waals surface area (Å²) in [6, 6.07) is 9.32. The Bertz CT molecular complexity index is 970. The summed E-state index contributed by atoms with van der Waals surface area (Å²) in [7, 11) is 1.60. The Morgan fingerprint density at radius 2 is 2.08 bits per heavy atom. The normalized spacial score (nSPS) is 11.6. The Morgan fingerprint density at radius 3 is 2.80 bits per heavy atom. The van der Waals surface area contributed by atoms with Gasteiger partial charge in [-0.3, -0.25) is 4.79 Å². The zero-order valence-corrected chi connectivity index (χ0v) is 14.7. The minimum absolute atomic E-state index is 0.235. The molecule has 3 rings (SSSR count). The van der Waals surface area contributed by atoms with Crippen LogP contribution in [0.3, 0.4) is 0 Å². The Labute approximate surface area is 146 Å². The average Bonchev–Trinajstić information content (AvgIpc) is 2.94. The van der Waals surface area contributed by atoms with Crippen LogP contribution in [0.25, 0.3) is 16.5 Å². The number of nitrogens with zero attached hydrogens (tertiary/aromatic N) is 1. The smallest absolute Gasteiger partial charge is 0.249 e. The number of aryl methyl sites for hydroxylation is 2. The topological polar surface area (TPSA) is 64.4 Å². The maximum atomic E-state index is 12.3. The predicted molar refractivity (Wildman–Crippen MR) is 98.8 cm³/mol. The largest absolute Gasteiger partial charge is 0.496 e. The number of rotatable bonds is 4. The fourth-order valence-electron chi connectivity index (χ4n) is 2.71. The van der Waals surface area contributed by atoms with Gasteiger partial charge in [-0.25, -0.2) is 4.98 Å². The first-order valence-electron chi connectivity index (χ1n) is 7.97. The van der Waals surface area contributed by atoms with Gasteiger partial charge < -0.3 is 14.5 Å². The summed E-state index contributed by atoms with van der Waals surface area (Å²) in [5, 5.41) is 3.78. The minimum Gasteiger partial charge on any atom is -0.496 e. The molecule has 2 aromatic heterocycles. The molecule has 25 heavy (non-hydrogen) atoms. The summed E-state index contributed by atoms with van der Waals surface area (Å²) in [4.78, 5) is 16.6. The van der Waals surface area contributed by atoms with E-state index in [1.807, 2.05) is 45.0 Å². The van der Waals surface area contributed by atoms with E-state index in [-0.39, 0.29) is 5.91 Å². The van der Waals surface area contributed by atoms with Crippen molar-refractivity contribution in [2.75, 3.05) is 12.4 Å². The predicted octanol–water partition coefficient (Wildman–Crippen LogP) is 4.50. The number of carbonyl (C=O) groups is 1. The van der Waals surface area contributed by atoms with Crippen molar-refractivity contribution in [1.29, 1.82) is 0 Å². The van der Waals surface area contributed by atoms with Crippen molar-refractivity contribution in [2.45, 2.75) is 20.8 Å². The molecule has 0 saturated heterocycles. The van der Waals surface area contributed by atoms with Crippen molar-refractivity contribution in [1.82, 2.24) is 4.98 Å². The molecule has 1 aromatic carbocycles. The van der Waals surface area contributed by atoms with Gasteiger partial charge in [0, 0.05) is 28.8 Å². The van der Waals surface area contributed by atoms with Crippen LogP contribution >= 0.6 is 0 Å². The molecule has 0 spiro atoms.